The second-order valence-corrected chi connectivity index (χ2v) is 5.82. The van der Waals surface area contributed by atoms with Gasteiger partial charge in [-0.1, -0.05) is 13.0 Å². The Labute approximate surface area is 119 Å². The third-order valence-corrected chi connectivity index (χ3v) is 4.08. The number of rotatable bonds is 4. The van der Waals surface area contributed by atoms with E-state index in [0.717, 1.165) is 49.8 Å². The predicted octanol–water partition coefficient (Wildman–Crippen LogP) is 2.48. The van der Waals surface area contributed by atoms with Crippen LogP contribution in [-0.2, 0) is 0 Å². The first-order valence-electron chi connectivity index (χ1n) is 6.89. The van der Waals surface area contributed by atoms with Crippen LogP contribution in [0.15, 0.2) is 18.2 Å². The molecule has 0 aliphatic carbocycles. The number of thioether (sulfide) groups is 1. The summed E-state index contributed by atoms with van der Waals surface area (Å²) in [5.41, 5.74) is 0.549. The standard InChI is InChI=1S/C14H21N3OS/c1-2-7-15-13-6-3-5-12(16-13)14(18)17-8-4-10-19-11-9-17/h3,5-6H,2,4,7-11H2,1H3,(H,15,16). The zero-order valence-electron chi connectivity index (χ0n) is 11.4. The molecule has 19 heavy (non-hydrogen) atoms. The summed E-state index contributed by atoms with van der Waals surface area (Å²) in [4.78, 5) is 18.7. The van der Waals surface area contributed by atoms with Crippen molar-refractivity contribution in [1.82, 2.24) is 9.88 Å². The minimum absolute atomic E-state index is 0.0580. The van der Waals surface area contributed by atoms with Gasteiger partial charge in [0, 0.05) is 25.4 Å². The van der Waals surface area contributed by atoms with Crippen LogP contribution < -0.4 is 5.32 Å². The molecule has 4 nitrogen and oxygen atoms in total. The molecule has 5 heteroatoms. The first-order valence-corrected chi connectivity index (χ1v) is 8.04. The second kappa shape index (κ2) is 7.38. The van der Waals surface area contributed by atoms with Gasteiger partial charge in [-0.3, -0.25) is 4.79 Å². The van der Waals surface area contributed by atoms with E-state index in [4.69, 9.17) is 0 Å². The molecule has 2 rings (SSSR count). The van der Waals surface area contributed by atoms with Crippen LogP contribution in [0.5, 0.6) is 0 Å². The number of carbonyl (C=O) groups excluding carboxylic acids is 1. The fraction of sp³-hybridized carbons (Fsp3) is 0.571. The van der Waals surface area contributed by atoms with Gasteiger partial charge in [0.25, 0.3) is 5.91 Å². The molecule has 1 aromatic heterocycles. The lowest BCUT2D eigenvalue weighted by atomic mass is 10.3. The Morgan fingerprint density at radius 2 is 2.32 bits per heavy atom. The van der Waals surface area contributed by atoms with Crippen molar-refractivity contribution in [3.05, 3.63) is 23.9 Å². The molecule has 0 radical (unpaired) electrons. The summed E-state index contributed by atoms with van der Waals surface area (Å²) in [6.07, 6.45) is 2.12. The Morgan fingerprint density at radius 3 is 3.16 bits per heavy atom. The Kier molecular flexibility index (Phi) is 5.51. The third-order valence-electron chi connectivity index (χ3n) is 3.03. The fourth-order valence-corrected chi connectivity index (χ4v) is 2.90. The quantitative estimate of drug-likeness (QED) is 0.919. The first kappa shape index (κ1) is 14.2. The third kappa shape index (κ3) is 4.13. The molecule has 0 unspecified atom stereocenters. The molecule has 0 saturated carbocycles. The monoisotopic (exact) mass is 279 g/mol. The summed E-state index contributed by atoms with van der Waals surface area (Å²) in [6, 6.07) is 5.60. The maximum Gasteiger partial charge on any atom is 0.272 e. The summed E-state index contributed by atoms with van der Waals surface area (Å²) < 4.78 is 0. The van der Waals surface area contributed by atoms with E-state index in [1.165, 1.54) is 0 Å². The molecule has 1 saturated heterocycles. The molecule has 0 spiro atoms. The van der Waals surface area contributed by atoms with Gasteiger partial charge < -0.3 is 10.2 Å². The van der Waals surface area contributed by atoms with Gasteiger partial charge in [0.05, 0.1) is 0 Å². The average molecular weight is 279 g/mol. The normalized spacial score (nSPS) is 15.9. The number of hydrogen-bond acceptors (Lipinski definition) is 4. The molecule has 0 bridgehead atoms. The van der Waals surface area contributed by atoms with Gasteiger partial charge in [-0.05, 0) is 30.7 Å². The Morgan fingerprint density at radius 1 is 1.42 bits per heavy atom. The number of anilines is 1. The van der Waals surface area contributed by atoms with Crippen molar-refractivity contribution in [1.29, 1.82) is 0 Å². The van der Waals surface area contributed by atoms with E-state index in [9.17, 15) is 4.79 Å². The van der Waals surface area contributed by atoms with Crippen LogP contribution in [0.25, 0.3) is 0 Å². The number of hydrogen-bond donors (Lipinski definition) is 1. The molecule has 1 fully saturated rings. The largest absolute Gasteiger partial charge is 0.370 e. The highest BCUT2D eigenvalue weighted by atomic mass is 32.2. The molecule has 1 aromatic rings. The smallest absolute Gasteiger partial charge is 0.272 e. The molecule has 1 N–H and O–H groups in total. The summed E-state index contributed by atoms with van der Waals surface area (Å²) in [5.74, 6) is 3.02. The van der Waals surface area contributed by atoms with Crippen LogP contribution in [0, 0.1) is 0 Å². The van der Waals surface area contributed by atoms with Crippen molar-refractivity contribution in [3.8, 4) is 0 Å². The predicted molar refractivity (Wildman–Crippen MR) is 80.9 cm³/mol. The number of amides is 1. The minimum Gasteiger partial charge on any atom is -0.370 e. The lowest BCUT2D eigenvalue weighted by Gasteiger charge is -2.19. The van der Waals surface area contributed by atoms with E-state index in [-0.39, 0.29) is 5.91 Å². The lowest BCUT2D eigenvalue weighted by Crippen LogP contribution is -2.33. The van der Waals surface area contributed by atoms with Gasteiger partial charge in [0.1, 0.15) is 11.5 Å². The van der Waals surface area contributed by atoms with E-state index < -0.39 is 0 Å². The van der Waals surface area contributed by atoms with Crippen molar-refractivity contribution >= 4 is 23.5 Å². The first-order chi connectivity index (χ1) is 9.31. The highest BCUT2D eigenvalue weighted by Gasteiger charge is 2.18. The maximum absolute atomic E-state index is 12.4. The fourth-order valence-electron chi connectivity index (χ4n) is 2.02. The average Bonchev–Trinajstić information content (AvgIpc) is 2.73. The van der Waals surface area contributed by atoms with Crippen LogP contribution >= 0.6 is 11.8 Å². The SMILES string of the molecule is CCCNc1cccc(C(=O)N2CCCSCC2)n1. The summed E-state index contributed by atoms with van der Waals surface area (Å²) >= 11 is 1.92. The van der Waals surface area contributed by atoms with Crippen LogP contribution in [0.2, 0.25) is 0 Å². The minimum atomic E-state index is 0.0580. The van der Waals surface area contributed by atoms with Gasteiger partial charge in [-0.2, -0.15) is 11.8 Å². The van der Waals surface area contributed by atoms with Gasteiger partial charge in [-0.15, -0.1) is 0 Å². The molecule has 1 amide bonds. The number of aromatic nitrogens is 1. The zero-order valence-corrected chi connectivity index (χ0v) is 12.2. The van der Waals surface area contributed by atoms with E-state index in [1.807, 2.05) is 28.8 Å². The Hall–Kier alpha value is -1.23. The van der Waals surface area contributed by atoms with E-state index in [2.05, 4.69) is 17.2 Å². The van der Waals surface area contributed by atoms with Crippen molar-refractivity contribution in [3.63, 3.8) is 0 Å². The maximum atomic E-state index is 12.4. The van der Waals surface area contributed by atoms with Crippen molar-refractivity contribution < 1.29 is 4.79 Å². The van der Waals surface area contributed by atoms with Crippen LogP contribution in [0.3, 0.4) is 0 Å². The van der Waals surface area contributed by atoms with Crippen LogP contribution in [0.4, 0.5) is 5.82 Å². The molecule has 2 heterocycles. The number of nitrogens with zero attached hydrogens (tertiary/aromatic N) is 2. The topological polar surface area (TPSA) is 45.2 Å². The highest BCUT2D eigenvalue weighted by molar-refractivity contribution is 7.99. The molecular formula is C14H21N3OS. The highest BCUT2D eigenvalue weighted by Crippen LogP contribution is 2.13. The van der Waals surface area contributed by atoms with Gasteiger partial charge in [0.2, 0.25) is 0 Å². The van der Waals surface area contributed by atoms with Crippen molar-refractivity contribution in [2.45, 2.75) is 19.8 Å². The molecular weight excluding hydrogens is 258 g/mol. The molecule has 104 valence electrons. The van der Waals surface area contributed by atoms with E-state index in [0.29, 0.717) is 5.69 Å². The molecule has 1 aliphatic heterocycles. The second-order valence-electron chi connectivity index (χ2n) is 4.59. The Balaban J connectivity index is 2.04. The molecule has 0 aromatic carbocycles. The zero-order chi connectivity index (χ0) is 13.5. The van der Waals surface area contributed by atoms with Gasteiger partial charge in [0.15, 0.2) is 0 Å². The summed E-state index contributed by atoms with van der Waals surface area (Å²) in [6.45, 7) is 4.67. The Bertz CT molecular complexity index is 417. The lowest BCUT2D eigenvalue weighted by molar-refractivity contribution is 0.0763. The van der Waals surface area contributed by atoms with E-state index >= 15 is 0 Å². The van der Waals surface area contributed by atoms with Crippen LogP contribution in [0.1, 0.15) is 30.3 Å². The van der Waals surface area contributed by atoms with Crippen molar-refractivity contribution in [2.75, 3.05) is 36.5 Å². The van der Waals surface area contributed by atoms with Gasteiger partial charge in [-0.25, -0.2) is 4.98 Å². The van der Waals surface area contributed by atoms with Crippen molar-refractivity contribution in [2.24, 2.45) is 0 Å². The summed E-state index contributed by atoms with van der Waals surface area (Å²) in [5, 5.41) is 3.22. The molecule has 0 atom stereocenters. The van der Waals surface area contributed by atoms with E-state index in [1.54, 1.807) is 6.07 Å². The molecule has 1 aliphatic rings. The van der Waals surface area contributed by atoms with Gasteiger partial charge >= 0.3 is 0 Å². The summed E-state index contributed by atoms with van der Waals surface area (Å²) in [7, 11) is 0. The number of pyridine rings is 1. The number of nitrogens with one attached hydrogen (secondary N) is 1. The number of carbonyl (C=O) groups is 1. The van der Waals surface area contributed by atoms with Crippen LogP contribution in [-0.4, -0.2) is 46.9 Å².